The number of hydrogen-bond acceptors (Lipinski definition) is 2. The van der Waals surface area contributed by atoms with Crippen molar-refractivity contribution in [2.24, 2.45) is 0 Å². The molecule has 2 rings (SSSR count). The lowest BCUT2D eigenvalue weighted by atomic mass is 10.1. The van der Waals surface area contributed by atoms with E-state index in [4.69, 9.17) is 0 Å². The van der Waals surface area contributed by atoms with E-state index in [0.29, 0.717) is 12.5 Å². The molecule has 0 bridgehead atoms. The smallest absolute Gasteiger partial charge is 0.224 e. The lowest BCUT2D eigenvalue weighted by Gasteiger charge is -2.13. The van der Waals surface area contributed by atoms with Gasteiger partial charge in [-0.1, -0.05) is 25.0 Å². The molecule has 1 aliphatic carbocycles. The van der Waals surface area contributed by atoms with E-state index >= 15 is 0 Å². The zero-order valence-corrected chi connectivity index (χ0v) is 10.3. The number of hydrogen-bond donors (Lipinski definition) is 2. The second kappa shape index (κ2) is 5.71. The Kier molecular flexibility index (Phi) is 4.02. The molecule has 1 aliphatic rings. The van der Waals surface area contributed by atoms with Crippen LogP contribution in [0.25, 0.3) is 0 Å². The third kappa shape index (κ3) is 3.48. The van der Waals surface area contributed by atoms with E-state index in [0.717, 1.165) is 11.3 Å². The third-order valence-corrected chi connectivity index (χ3v) is 3.32. The highest BCUT2D eigenvalue weighted by Gasteiger charge is 2.14. The standard InChI is InChI=1S/C14H20N2O/c1-15-14(17)10-11-6-8-13(9-7-11)16-12-4-2-3-5-12/h6-9,12,16H,2-5,10H2,1H3,(H,15,17). The quantitative estimate of drug-likeness (QED) is 0.836. The fraction of sp³-hybridized carbons (Fsp3) is 0.500. The zero-order valence-electron chi connectivity index (χ0n) is 10.3. The van der Waals surface area contributed by atoms with E-state index in [2.05, 4.69) is 22.8 Å². The highest BCUT2D eigenvalue weighted by Crippen LogP contribution is 2.22. The highest BCUT2D eigenvalue weighted by atomic mass is 16.1. The van der Waals surface area contributed by atoms with Crippen LogP contribution >= 0.6 is 0 Å². The number of benzene rings is 1. The third-order valence-electron chi connectivity index (χ3n) is 3.32. The van der Waals surface area contributed by atoms with Crippen molar-refractivity contribution in [1.29, 1.82) is 0 Å². The normalized spacial score (nSPS) is 15.8. The molecule has 1 fully saturated rings. The first-order valence-electron chi connectivity index (χ1n) is 6.34. The van der Waals surface area contributed by atoms with Crippen molar-refractivity contribution in [2.75, 3.05) is 12.4 Å². The molecule has 92 valence electrons. The molecule has 3 heteroatoms. The minimum atomic E-state index is 0.0569. The highest BCUT2D eigenvalue weighted by molar-refractivity contribution is 5.78. The maximum atomic E-state index is 11.2. The Balaban J connectivity index is 1.90. The van der Waals surface area contributed by atoms with Crippen LogP contribution in [-0.4, -0.2) is 19.0 Å². The first-order valence-corrected chi connectivity index (χ1v) is 6.34. The van der Waals surface area contributed by atoms with Gasteiger partial charge in [0, 0.05) is 18.8 Å². The molecule has 0 heterocycles. The minimum Gasteiger partial charge on any atom is -0.382 e. The van der Waals surface area contributed by atoms with Gasteiger partial charge in [0.05, 0.1) is 6.42 Å². The van der Waals surface area contributed by atoms with Gasteiger partial charge in [-0.3, -0.25) is 4.79 Å². The van der Waals surface area contributed by atoms with Gasteiger partial charge in [-0.25, -0.2) is 0 Å². The second-order valence-electron chi connectivity index (χ2n) is 4.67. The van der Waals surface area contributed by atoms with Crippen molar-refractivity contribution in [1.82, 2.24) is 5.32 Å². The Morgan fingerprint density at radius 2 is 1.88 bits per heavy atom. The topological polar surface area (TPSA) is 41.1 Å². The van der Waals surface area contributed by atoms with Crippen LogP contribution in [0, 0.1) is 0 Å². The number of likely N-dealkylation sites (N-methyl/N-ethyl adjacent to an activating group) is 1. The fourth-order valence-electron chi connectivity index (χ4n) is 2.30. The summed E-state index contributed by atoms with van der Waals surface area (Å²) in [6.07, 6.45) is 5.69. The molecule has 0 radical (unpaired) electrons. The van der Waals surface area contributed by atoms with Crippen LogP contribution in [0.1, 0.15) is 31.2 Å². The average molecular weight is 232 g/mol. The van der Waals surface area contributed by atoms with Crippen LogP contribution in [0.5, 0.6) is 0 Å². The molecular formula is C14H20N2O. The summed E-state index contributed by atoms with van der Waals surface area (Å²) in [7, 11) is 1.67. The summed E-state index contributed by atoms with van der Waals surface area (Å²) < 4.78 is 0. The average Bonchev–Trinajstić information content (AvgIpc) is 2.84. The van der Waals surface area contributed by atoms with Crippen LogP contribution in [0.2, 0.25) is 0 Å². The maximum absolute atomic E-state index is 11.2. The van der Waals surface area contributed by atoms with Crippen LogP contribution < -0.4 is 10.6 Å². The van der Waals surface area contributed by atoms with E-state index in [1.54, 1.807) is 7.05 Å². The van der Waals surface area contributed by atoms with Crippen molar-refractivity contribution in [2.45, 2.75) is 38.1 Å². The SMILES string of the molecule is CNC(=O)Cc1ccc(NC2CCCC2)cc1. The van der Waals surface area contributed by atoms with Crippen molar-refractivity contribution < 1.29 is 4.79 Å². The van der Waals surface area contributed by atoms with Gasteiger partial charge < -0.3 is 10.6 Å². The zero-order chi connectivity index (χ0) is 12.1. The molecule has 0 aromatic heterocycles. The van der Waals surface area contributed by atoms with Crippen molar-refractivity contribution in [3.8, 4) is 0 Å². The number of carbonyl (C=O) groups is 1. The van der Waals surface area contributed by atoms with Gasteiger partial charge in [0.25, 0.3) is 0 Å². The van der Waals surface area contributed by atoms with Crippen LogP contribution in [-0.2, 0) is 11.2 Å². The number of anilines is 1. The molecule has 0 aliphatic heterocycles. The summed E-state index contributed by atoms with van der Waals surface area (Å²) in [6.45, 7) is 0. The monoisotopic (exact) mass is 232 g/mol. The molecular weight excluding hydrogens is 212 g/mol. The summed E-state index contributed by atoms with van der Waals surface area (Å²) in [4.78, 5) is 11.2. The van der Waals surface area contributed by atoms with Crippen molar-refractivity contribution in [3.05, 3.63) is 29.8 Å². The van der Waals surface area contributed by atoms with Crippen molar-refractivity contribution in [3.63, 3.8) is 0 Å². The first kappa shape index (κ1) is 12.0. The van der Waals surface area contributed by atoms with Crippen LogP contribution in [0.3, 0.4) is 0 Å². The molecule has 1 aromatic rings. The van der Waals surface area contributed by atoms with Gasteiger partial charge in [0.1, 0.15) is 0 Å². The van der Waals surface area contributed by atoms with E-state index < -0.39 is 0 Å². The minimum absolute atomic E-state index is 0.0569. The summed E-state index contributed by atoms with van der Waals surface area (Å²) >= 11 is 0. The number of amides is 1. The lowest BCUT2D eigenvalue weighted by molar-refractivity contribution is -0.119. The molecule has 0 saturated heterocycles. The Hall–Kier alpha value is -1.51. The summed E-state index contributed by atoms with van der Waals surface area (Å²) in [5.41, 5.74) is 2.22. The molecule has 0 unspecified atom stereocenters. The molecule has 3 nitrogen and oxygen atoms in total. The van der Waals surface area contributed by atoms with Crippen molar-refractivity contribution >= 4 is 11.6 Å². The van der Waals surface area contributed by atoms with Crippen LogP contribution in [0.15, 0.2) is 24.3 Å². The van der Waals surface area contributed by atoms with Gasteiger partial charge in [0.2, 0.25) is 5.91 Å². The fourth-order valence-corrected chi connectivity index (χ4v) is 2.30. The second-order valence-corrected chi connectivity index (χ2v) is 4.67. The van der Waals surface area contributed by atoms with Gasteiger partial charge in [-0.2, -0.15) is 0 Å². The molecule has 1 amide bonds. The molecule has 1 aromatic carbocycles. The number of nitrogens with one attached hydrogen (secondary N) is 2. The number of rotatable bonds is 4. The Labute approximate surface area is 103 Å². The van der Waals surface area contributed by atoms with Gasteiger partial charge in [-0.15, -0.1) is 0 Å². The van der Waals surface area contributed by atoms with E-state index in [9.17, 15) is 4.79 Å². The summed E-state index contributed by atoms with van der Waals surface area (Å²) in [5.74, 6) is 0.0569. The molecule has 17 heavy (non-hydrogen) atoms. The predicted molar refractivity (Wildman–Crippen MR) is 70.1 cm³/mol. The molecule has 2 N–H and O–H groups in total. The Morgan fingerprint density at radius 1 is 1.24 bits per heavy atom. The largest absolute Gasteiger partial charge is 0.382 e. The summed E-state index contributed by atoms with van der Waals surface area (Å²) in [5, 5.41) is 6.17. The predicted octanol–water partition coefficient (Wildman–Crippen LogP) is 2.33. The number of carbonyl (C=O) groups excluding carboxylic acids is 1. The first-order chi connectivity index (χ1) is 8.28. The molecule has 0 atom stereocenters. The summed E-state index contributed by atoms with van der Waals surface area (Å²) in [6, 6.07) is 8.81. The van der Waals surface area contributed by atoms with Gasteiger partial charge in [-0.05, 0) is 30.5 Å². The van der Waals surface area contributed by atoms with Gasteiger partial charge in [0.15, 0.2) is 0 Å². The van der Waals surface area contributed by atoms with Gasteiger partial charge >= 0.3 is 0 Å². The maximum Gasteiger partial charge on any atom is 0.224 e. The van der Waals surface area contributed by atoms with E-state index in [1.165, 1.54) is 25.7 Å². The van der Waals surface area contributed by atoms with E-state index in [-0.39, 0.29) is 5.91 Å². The lowest BCUT2D eigenvalue weighted by Crippen LogP contribution is -2.20. The Morgan fingerprint density at radius 3 is 2.47 bits per heavy atom. The Bertz CT molecular complexity index is 366. The molecule has 1 saturated carbocycles. The van der Waals surface area contributed by atoms with E-state index in [1.807, 2.05) is 12.1 Å². The molecule has 0 spiro atoms. The van der Waals surface area contributed by atoms with Crippen LogP contribution in [0.4, 0.5) is 5.69 Å².